The molecular weight excluding hydrogens is 290 g/mol. The van der Waals surface area contributed by atoms with E-state index in [0.717, 1.165) is 17.7 Å². The van der Waals surface area contributed by atoms with Gasteiger partial charge in [-0.05, 0) is 50.6 Å². The minimum Gasteiger partial charge on any atom is -0.493 e. The molecule has 1 aliphatic heterocycles. The van der Waals surface area contributed by atoms with Crippen molar-refractivity contribution in [3.8, 4) is 11.5 Å². The number of nitrogens with zero attached hydrogens (tertiary/aromatic N) is 1. The Balaban J connectivity index is 2.11. The lowest BCUT2D eigenvalue weighted by Gasteiger charge is -2.27. The Morgan fingerprint density at radius 3 is 2.30 bits per heavy atom. The highest BCUT2D eigenvalue weighted by Gasteiger charge is 2.44. The number of benzene rings is 1. The molecule has 0 radical (unpaired) electrons. The molecule has 0 aromatic heterocycles. The van der Waals surface area contributed by atoms with Crippen molar-refractivity contribution in [2.24, 2.45) is 10.4 Å². The molecule has 0 atom stereocenters. The van der Waals surface area contributed by atoms with E-state index < -0.39 is 0 Å². The van der Waals surface area contributed by atoms with Crippen LogP contribution in [0, 0.1) is 5.41 Å². The lowest BCUT2D eigenvalue weighted by Crippen LogP contribution is -2.28. The van der Waals surface area contributed by atoms with E-state index in [2.05, 4.69) is 13.8 Å². The Kier molecular flexibility index (Phi) is 3.63. The second-order valence-electron chi connectivity index (χ2n) is 6.63. The minimum atomic E-state index is -0.336. The summed E-state index contributed by atoms with van der Waals surface area (Å²) in [5, 5.41) is 0. The number of carbonyl (C=O) groups is 1. The fourth-order valence-corrected chi connectivity index (χ4v) is 3.41. The maximum Gasteiger partial charge on any atom is 0.178 e. The second kappa shape index (κ2) is 5.37. The van der Waals surface area contributed by atoms with Crippen LogP contribution >= 0.6 is 0 Å². The van der Waals surface area contributed by atoms with Gasteiger partial charge in [-0.2, -0.15) is 0 Å². The summed E-state index contributed by atoms with van der Waals surface area (Å²) in [5.41, 5.74) is 1.43. The summed E-state index contributed by atoms with van der Waals surface area (Å²) in [6.07, 6.45) is 8.05. The van der Waals surface area contributed by atoms with Gasteiger partial charge in [0.25, 0.3) is 0 Å². The van der Waals surface area contributed by atoms with Crippen molar-refractivity contribution in [1.29, 1.82) is 0 Å². The van der Waals surface area contributed by atoms with Gasteiger partial charge in [-0.15, -0.1) is 0 Å². The van der Waals surface area contributed by atoms with Crippen LogP contribution in [0.4, 0.5) is 0 Å². The first-order valence-electron chi connectivity index (χ1n) is 7.64. The number of hydrogen-bond donors (Lipinski definition) is 0. The zero-order valence-electron chi connectivity index (χ0n) is 13.9. The van der Waals surface area contributed by atoms with Gasteiger partial charge >= 0.3 is 0 Å². The molecule has 1 aromatic rings. The molecule has 0 bridgehead atoms. The van der Waals surface area contributed by atoms with E-state index in [9.17, 15) is 4.79 Å². The number of rotatable bonds is 3. The number of carbonyl (C=O) groups excluding carboxylic acids is 1. The molecule has 0 fully saturated rings. The van der Waals surface area contributed by atoms with Crippen LogP contribution in [0.2, 0.25) is 0 Å². The van der Waals surface area contributed by atoms with Gasteiger partial charge in [-0.3, -0.25) is 9.79 Å². The monoisotopic (exact) mass is 311 g/mol. The molecule has 1 spiro atoms. The lowest BCUT2D eigenvalue weighted by molar-refractivity contribution is -0.110. The number of hydrogen-bond acceptors (Lipinski definition) is 4. The fourth-order valence-electron chi connectivity index (χ4n) is 3.41. The lowest BCUT2D eigenvalue weighted by atomic mass is 9.73. The highest BCUT2D eigenvalue weighted by atomic mass is 16.5. The molecule has 120 valence electrons. The topological polar surface area (TPSA) is 47.9 Å². The van der Waals surface area contributed by atoms with Gasteiger partial charge in [0.1, 0.15) is 0 Å². The summed E-state index contributed by atoms with van der Waals surface area (Å²) >= 11 is 0. The maximum atomic E-state index is 11.5. The van der Waals surface area contributed by atoms with Gasteiger partial charge in [0.2, 0.25) is 0 Å². The highest BCUT2D eigenvalue weighted by Crippen LogP contribution is 2.46. The molecule has 1 heterocycles. The van der Waals surface area contributed by atoms with E-state index in [1.165, 1.54) is 0 Å². The molecule has 1 aliphatic carbocycles. The van der Waals surface area contributed by atoms with Gasteiger partial charge in [0, 0.05) is 5.56 Å². The van der Waals surface area contributed by atoms with Crippen LogP contribution in [0.15, 0.2) is 47.5 Å². The average molecular weight is 311 g/mol. The Morgan fingerprint density at radius 2 is 1.70 bits per heavy atom. The van der Waals surface area contributed by atoms with Crippen LogP contribution in [-0.2, 0) is 4.79 Å². The quantitative estimate of drug-likeness (QED) is 0.860. The van der Waals surface area contributed by atoms with Crippen LogP contribution in [0.1, 0.15) is 25.8 Å². The molecule has 2 aliphatic rings. The summed E-state index contributed by atoms with van der Waals surface area (Å²) in [6, 6.07) is 5.82. The molecular formula is C19H21NO3. The summed E-state index contributed by atoms with van der Waals surface area (Å²) in [6.45, 7) is 4.22. The standard InChI is InChI=1S/C19H21NO3/c1-18(2)12-19(9-7-14(21)8-10-19)17(20-18)13-5-6-15(22-3)16(11-13)23-4/h5-11H,12H2,1-4H3. The molecule has 0 N–H and O–H groups in total. The van der Waals surface area contributed by atoms with Crippen LogP contribution < -0.4 is 9.47 Å². The molecule has 4 nitrogen and oxygen atoms in total. The molecule has 23 heavy (non-hydrogen) atoms. The zero-order valence-corrected chi connectivity index (χ0v) is 13.9. The molecule has 0 saturated heterocycles. The van der Waals surface area contributed by atoms with Crippen LogP contribution in [0.5, 0.6) is 11.5 Å². The van der Waals surface area contributed by atoms with Gasteiger partial charge in [0.15, 0.2) is 17.3 Å². The van der Waals surface area contributed by atoms with Crippen molar-refractivity contribution in [2.75, 3.05) is 14.2 Å². The summed E-state index contributed by atoms with van der Waals surface area (Å²) in [7, 11) is 3.24. The van der Waals surface area contributed by atoms with Crippen molar-refractivity contribution in [3.63, 3.8) is 0 Å². The van der Waals surface area contributed by atoms with E-state index in [0.29, 0.717) is 11.5 Å². The summed E-state index contributed by atoms with van der Waals surface area (Å²) < 4.78 is 10.7. The molecule has 3 rings (SSSR count). The van der Waals surface area contributed by atoms with Gasteiger partial charge in [-0.25, -0.2) is 0 Å². The largest absolute Gasteiger partial charge is 0.493 e. The molecule has 0 saturated carbocycles. The predicted molar refractivity (Wildman–Crippen MR) is 90.5 cm³/mol. The van der Waals surface area contributed by atoms with Crippen LogP contribution in [0.25, 0.3) is 0 Å². The SMILES string of the molecule is COc1ccc(C2=NC(C)(C)CC23C=CC(=O)C=C3)cc1OC. The Bertz CT molecular complexity index is 725. The summed E-state index contributed by atoms with van der Waals surface area (Å²) in [4.78, 5) is 16.5. The van der Waals surface area contributed by atoms with Gasteiger partial charge in [-0.1, -0.05) is 12.2 Å². The number of allylic oxidation sites excluding steroid dienone is 4. The van der Waals surface area contributed by atoms with Crippen molar-refractivity contribution in [2.45, 2.75) is 25.8 Å². The third-order valence-corrected chi connectivity index (χ3v) is 4.33. The number of methoxy groups -OCH3 is 2. The van der Waals surface area contributed by atoms with Crippen molar-refractivity contribution in [1.82, 2.24) is 0 Å². The third kappa shape index (κ3) is 2.69. The van der Waals surface area contributed by atoms with E-state index in [1.54, 1.807) is 26.4 Å². The van der Waals surface area contributed by atoms with Crippen molar-refractivity contribution >= 4 is 11.5 Å². The zero-order chi connectivity index (χ0) is 16.7. The van der Waals surface area contributed by atoms with E-state index in [-0.39, 0.29) is 16.7 Å². The first-order chi connectivity index (χ1) is 10.9. The Labute approximate surface area is 136 Å². The molecule has 0 unspecified atom stereocenters. The van der Waals surface area contributed by atoms with E-state index in [1.807, 2.05) is 30.4 Å². The second-order valence-corrected chi connectivity index (χ2v) is 6.63. The predicted octanol–water partition coefficient (Wildman–Crippen LogP) is 3.36. The fraction of sp³-hybridized carbons (Fsp3) is 0.368. The van der Waals surface area contributed by atoms with Crippen LogP contribution in [-0.4, -0.2) is 31.3 Å². The third-order valence-electron chi connectivity index (χ3n) is 4.33. The Morgan fingerprint density at radius 1 is 1.04 bits per heavy atom. The first-order valence-corrected chi connectivity index (χ1v) is 7.64. The van der Waals surface area contributed by atoms with Gasteiger partial charge < -0.3 is 9.47 Å². The molecule has 0 amide bonds. The molecule has 4 heteroatoms. The Hall–Kier alpha value is -2.36. The van der Waals surface area contributed by atoms with Crippen LogP contribution in [0.3, 0.4) is 0 Å². The smallest absolute Gasteiger partial charge is 0.178 e. The number of aliphatic imine (C=N–C) groups is 1. The highest BCUT2D eigenvalue weighted by molar-refractivity contribution is 6.12. The maximum absolute atomic E-state index is 11.5. The molecule has 1 aromatic carbocycles. The minimum absolute atomic E-state index is 0.0204. The van der Waals surface area contributed by atoms with Crippen molar-refractivity contribution < 1.29 is 14.3 Å². The first kappa shape index (κ1) is 15.5. The number of ketones is 1. The number of ether oxygens (including phenoxy) is 2. The average Bonchev–Trinajstić information content (AvgIpc) is 2.80. The van der Waals surface area contributed by atoms with Crippen molar-refractivity contribution in [3.05, 3.63) is 48.1 Å². The van der Waals surface area contributed by atoms with E-state index >= 15 is 0 Å². The summed E-state index contributed by atoms with van der Waals surface area (Å²) in [5.74, 6) is 1.38. The van der Waals surface area contributed by atoms with Gasteiger partial charge in [0.05, 0.1) is 30.9 Å². The normalized spacial score (nSPS) is 20.7. The van der Waals surface area contributed by atoms with E-state index in [4.69, 9.17) is 14.5 Å².